The highest BCUT2D eigenvalue weighted by Gasteiger charge is 2.31. The summed E-state index contributed by atoms with van der Waals surface area (Å²) in [6.45, 7) is 3.73. The molecule has 3 amide bonds. The van der Waals surface area contributed by atoms with Crippen LogP contribution in [0, 0.1) is 5.92 Å². The first-order valence-electron chi connectivity index (χ1n) is 8.21. The summed E-state index contributed by atoms with van der Waals surface area (Å²) in [6.07, 6.45) is 1.72. The van der Waals surface area contributed by atoms with Gasteiger partial charge in [0.15, 0.2) is 0 Å². The summed E-state index contributed by atoms with van der Waals surface area (Å²) in [7, 11) is 0. The first-order valence-corrected chi connectivity index (χ1v) is 8.21. The molecule has 0 bridgehead atoms. The first kappa shape index (κ1) is 15.8. The molecule has 23 heavy (non-hydrogen) atoms. The van der Waals surface area contributed by atoms with Crippen LogP contribution in [0.1, 0.15) is 12.8 Å². The van der Waals surface area contributed by atoms with Gasteiger partial charge in [-0.2, -0.15) is 0 Å². The molecule has 0 saturated carbocycles. The van der Waals surface area contributed by atoms with E-state index in [1.165, 1.54) is 0 Å². The molecular weight excluding hydrogens is 294 g/mol. The molecule has 3 rings (SSSR count). The number of rotatable bonds is 2. The Kier molecular flexibility index (Phi) is 5.12. The van der Waals surface area contributed by atoms with Gasteiger partial charge in [0.1, 0.15) is 0 Å². The normalized spacial score (nSPS) is 21.8. The molecular formula is C17H23N3O3. The second kappa shape index (κ2) is 7.46. The van der Waals surface area contributed by atoms with Crippen molar-refractivity contribution in [2.75, 3.05) is 44.7 Å². The van der Waals surface area contributed by atoms with Crippen molar-refractivity contribution in [3.05, 3.63) is 30.3 Å². The van der Waals surface area contributed by atoms with E-state index in [9.17, 15) is 9.59 Å². The van der Waals surface area contributed by atoms with E-state index in [0.29, 0.717) is 39.4 Å². The maximum Gasteiger partial charge on any atom is 0.321 e. The van der Waals surface area contributed by atoms with Gasteiger partial charge in [-0.3, -0.25) is 4.79 Å². The molecule has 1 aromatic carbocycles. The molecule has 6 heteroatoms. The van der Waals surface area contributed by atoms with Crippen LogP contribution in [0.3, 0.4) is 0 Å². The van der Waals surface area contributed by atoms with Crippen molar-refractivity contribution in [3.63, 3.8) is 0 Å². The Balaban J connectivity index is 1.57. The Bertz CT molecular complexity index is 543. The molecule has 1 N–H and O–H groups in total. The fourth-order valence-electron chi connectivity index (χ4n) is 3.13. The SMILES string of the molecule is O=C(Nc1ccccc1)N1CCCC(C(=O)N2CCOCC2)C1. The van der Waals surface area contributed by atoms with E-state index in [1.54, 1.807) is 4.90 Å². The fourth-order valence-corrected chi connectivity index (χ4v) is 3.13. The minimum Gasteiger partial charge on any atom is -0.378 e. The number of hydrogen-bond acceptors (Lipinski definition) is 3. The second-order valence-corrected chi connectivity index (χ2v) is 6.02. The molecule has 0 aromatic heterocycles. The average Bonchev–Trinajstić information content (AvgIpc) is 2.63. The summed E-state index contributed by atoms with van der Waals surface area (Å²) in [5.74, 6) is 0.0638. The number of amides is 3. The van der Waals surface area contributed by atoms with Crippen molar-refractivity contribution in [2.24, 2.45) is 5.92 Å². The molecule has 2 fully saturated rings. The predicted molar refractivity (Wildman–Crippen MR) is 87.2 cm³/mol. The number of anilines is 1. The van der Waals surface area contributed by atoms with Crippen LogP contribution in [0.15, 0.2) is 30.3 Å². The zero-order valence-corrected chi connectivity index (χ0v) is 13.2. The van der Waals surface area contributed by atoms with E-state index in [1.807, 2.05) is 35.2 Å². The number of morpholine rings is 1. The van der Waals surface area contributed by atoms with Crippen LogP contribution in [0.2, 0.25) is 0 Å². The Morgan fingerprint density at radius 2 is 1.78 bits per heavy atom. The number of hydrogen-bond donors (Lipinski definition) is 1. The monoisotopic (exact) mass is 317 g/mol. The topological polar surface area (TPSA) is 61.9 Å². The lowest BCUT2D eigenvalue weighted by Gasteiger charge is -2.36. The van der Waals surface area contributed by atoms with Crippen molar-refractivity contribution < 1.29 is 14.3 Å². The summed E-state index contributed by atoms with van der Waals surface area (Å²) < 4.78 is 5.29. The van der Waals surface area contributed by atoms with E-state index in [4.69, 9.17) is 4.74 Å². The quantitative estimate of drug-likeness (QED) is 0.904. The van der Waals surface area contributed by atoms with Crippen LogP contribution < -0.4 is 5.32 Å². The van der Waals surface area contributed by atoms with Crippen molar-refractivity contribution in [1.82, 2.24) is 9.80 Å². The van der Waals surface area contributed by atoms with Gasteiger partial charge in [-0.15, -0.1) is 0 Å². The lowest BCUT2D eigenvalue weighted by molar-refractivity contribution is -0.141. The molecule has 0 spiro atoms. The predicted octanol–water partition coefficient (Wildman–Crippen LogP) is 1.79. The highest BCUT2D eigenvalue weighted by Crippen LogP contribution is 2.20. The number of carbonyl (C=O) groups is 2. The molecule has 2 aliphatic heterocycles. The summed E-state index contributed by atoms with van der Waals surface area (Å²) in [5, 5.41) is 2.89. The van der Waals surface area contributed by atoms with E-state index >= 15 is 0 Å². The molecule has 2 saturated heterocycles. The van der Waals surface area contributed by atoms with Gasteiger partial charge in [-0.05, 0) is 25.0 Å². The smallest absolute Gasteiger partial charge is 0.321 e. The van der Waals surface area contributed by atoms with Gasteiger partial charge >= 0.3 is 6.03 Å². The lowest BCUT2D eigenvalue weighted by Crippen LogP contribution is -2.50. The summed E-state index contributed by atoms with van der Waals surface area (Å²) in [5.41, 5.74) is 0.777. The second-order valence-electron chi connectivity index (χ2n) is 6.02. The molecule has 0 aliphatic carbocycles. The largest absolute Gasteiger partial charge is 0.378 e. The number of nitrogens with one attached hydrogen (secondary N) is 1. The van der Waals surface area contributed by atoms with Crippen LogP contribution >= 0.6 is 0 Å². The minimum atomic E-state index is -0.129. The molecule has 1 unspecified atom stereocenters. The number of ether oxygens (including phenoxy) is 1. The maximum atomic E-state index is 12.6. The first-order chi connectivity index (χ1) is 11.2. The molecule has 2 heterocycles. The highest BCUT2D eigenvalue weighted by atomic mass is 16.5. The van der Waals surface area contributed by atoms with Gasteiger partial charge in [-0.1, -0.05) is 18.2 Å². The number of para-hydroxylation sites is 1. The Morgan fingerprint density at radius 3 is 2.52 bits per heavy atom. The van der Waals surface area contributed by atoms with Crippen molar-refractivity contribution >= 4 is 17.6 Å². The van der Waals surface area contributed by atoms with Gasteiger partial charge in [0.05, 0.1) is 19.1 Å². The zero-order valence-electron chi connectivity index (χ0n) is 13.2. The minimum absolute atomic E-state index is 0.0941. The lowest BCUT2D eigenvalue weighted by atomic mass is 9.96. The third-order valence-corrected chi connectivity index (χ3v) is 4.41. The summed E-state index contributed by atoms with van der Waals surface area (Å²) >= 11 is 0. The van der Waals surface area contributed by atoms with E-state index < -0.39 is 0 Å². The van der Waals surface area contributed by atoms with E-state index in [0.717, 1.165) is 18.5 Å². The van der Waals surface area contributed by atoms with Crippen LogP contribution in [0.4, 0.5) is 10.5 Å². The van der Waals surface area contributed by atoms with Gasteiger partial charge in [0.25, 0.3) is 0 Å². The average molecular weight is 317 g/mol. The van der Waals surface area contributed by atoms with E-state index in [2.05, 4.69) is 5.32 Å². The standard InChI is InChI=1S/C17H23N3O3/c21-16(19-9-11-23-12-10-19)14-5-4-8-20(13-14)17(22)18-15-6-2-1-3-7-15/h1-3,6-7,14H,4-5,8-13H2,(H,18,22). The molecule has 0 radical (unpaired) electrons. The molecule has 1 atom stereocenters. The molecule has 124 valence electrons. The van der Waals surface area contributed by atoms with E-state index in [-0.39, 0.29) is 17.9 Å². The van der Waals surface area contributed by atoms with Crippen LogP contribution in [-0.4, -0.2) is 61.1 Å². The Hall–Kier alpha value is -2.08. The zero-order chi connectivity index (χ0) is 16.1. The van der Waals surface area contributed by atoms with Gasteiger partial charge in [0, 0.05) is 31.9 Å². The van der Waals surface area contributed by atoms with Crippen LogP contribution in [-0.2, 0) is 9.53 Å². The molecule has 2 aliphatic rings. The van der Waals surface area contributed by atoms with Crippen LogP contribution in [0.25, 0.3) is 0 Å². The Morgan fingerprint density at radius 1 is 1.04 bits per heavy atom. The highest BCUT2D eigenvalue weighted by molar-refractivity contribution is 5.90. The number of benzene rings is 1. The molecule has 1 aromatic rings. The molecule has 6 nitrogen and oxygen atoms in total. The number of urea groups is 1. The fraction of sp³-hybridized carbons (Fsp3) is 0.529. The van der Waals surface area contributed by atoms with Crippen LogP contribution in [0.5, 0.6) is 0 Å². The number of nitrogens with zero attached hydrogens (tertiary/aromatic N) is 2. The summed E-state index contributed by atoms with van der Waals surface area (Å²) in [6, 6.07) is 9.27. The number of carbonyl (C=O) groups excluding carboxylic acids is 2. The third kappa shape index (κ3) is 4.01. The maximum absolute atomic E-state index is 12.6. The third-order valence-electron chi connectivity index (χ3n) is 4.41. The van der Waals surface area contributed by atoms with Crippen molar-refractivity contribution in [3.8, 4) is 0 Å². The summed E-state index contributed by atoms with van der Waals surface area (Å²) in [4.78, 5) is 28.6. The van der Waals surface area contributed by atoms with Crippen molar-refractivity contribution in [1.29, 1.82) is 0 Å². The Labute approximate surface area is 136 Å². The number of likely N-dealkylation sites (tertiary alicyclic amines) is 1. The van der Waals surface area contributed by atoms with Gasteiger partial charge in [0.2, 0.25) is 5.91 Å². The van der Waals surface area contributed by atoms with Crippen molar-refractivity contribution in [2.45, 2.75) is 12.8 Å². The number of piperidine rings is 1. The van der Waals surface area contributed by atoms with Gasteiger partial charge < -0.3 is 19.9 Å². The van der Waals surface area contributed by atoms with Gasteiger partial charge in [-0.25, -0.2) is 4.79 Å².